The van der Waals surface area contributed by atoms with Gasteiger partial charge in [-0.25, -0.2) is 4.99 Å². The zero-order valence-corrected chi connectivity index (χ0v) is 14.8. The lowest BCUT2D eigenvalue weighted by Gasteiger charge is -2.23. The van der Waals surface area contributed by atoms with Crippen molar-refractivity contribution in [3.8, 4) is 0 Å². The third-order valence-corrected chi connectivity index (χ3v) is 4.23. The summed E-state index contributed by atoms with van der Waals surface area (Å²) in [7, 11) is 1.40. The number of ether oxygens (including phenoxy) is 1. The number of aliphatic imine (C=N–C) groups is 1. The van der Waals surface area contributed by atoms with Crippen LogP contribution in [0.2, 0.25) is 0 Å². The predicted octanol–water partition coefficient (Wildman–Crippen LogP) is 4.49. The molecular weight excluding hydrogens is 300 g/mol. The highest BCUT2D eigenvalue weighted by Gasteiger charge is 2.18. The van der Waals surface area contributed by atoms with Crippen molar-refractivity contribution in [2.75, 3.05) is 12.4 Å². The number of carbonyl (C=O) groups is 1. The molecule has 0 radical (unpaired) electrons. The van der Waals surface area contributed by atoms with E-state index in [1.807, 2.05) is 24.3 Å². The summed E-state index contributed by atoms with van der Waals surface area (Å²) in [6.07, 6.45) is 5.69. The minimum atomic E-state index is -0.250. The summed E-state index contributed by atoms with van der Waals surface area (Å²) in [5, 5.41) is 3.22. The van der Waals surface area contributed by atoms with Gasteiger partial charge < -0.3 is 10.1 Å². The van der Waals surface area contributed by atoms with Crippen LogP contribution in [-0.4, -0.2) is 18.8 Å². The van der Waals surface area contributed by atoms with E-state index in [-0.39, 0.29) is 12.4 Å². The second-order valence-corrected chi connectivity index (χ2v) is 6.25. The fraction of sp³-hybridized carbons (Fsp3) is 0.400. The molecule has 1 saturated carbocycles. The minimum Gasteiger partial charge on any atom is -0.469 e. The van der Waals surface area contributed by atoms with E-state index in [1.165, 1.54) is 19.1 Å². The topological polar surface area (TPSA) is 50.7 Å². The SMILES string of the molecule is C=C(/N=C1/CC(C)CC/C1=C/C)Nc1cccc(CC(=O)OC)c1. The smallest absolute Gasteiger partial charge is 0.309 e. The molecule has 1 N–H and O–H groups in total. The van der Waals surface area contributed by atoms with Gasteiger partial charge >= 0.3 is 5.97 Å². The molecule has 0 aromatic heterocycles. The standard InChI is InChI=1S/C20H26N2O2/c1-5-17-10-9-14(2)11-19(17)22-15(3)21-18-8-6-7-16(12-18)13-20(23)24-4/h5-8,12,14,21H,3,9-11,13H2,1-2,4H3/b17-5-,22-19-. The van der Waals surface area contributed by atoms with Crippen molar-refractivity contribution < 1.29 is 9.53 Å². The molecule has 0 saturated heterocycles. The van der Waals surface area contributed by atoms with Crippen molar-refractivity contribution in [1.29, 1.82) is 0 Å². The molecule has 0 bridgehead atoms. The van der Waals surface area contributed by atoms with Crippen LogP contribution in [0.5, 0.6) is 0 Å². The molecule has 0 amide bonds. The Morgan fingerprint density at radius 1 is 1.50 bits per heavy atom. The first-order valence-electron chi connectivity index (χ1n) is 8.36. The largest absolute Gasteiger partial charge is 0.469 e. The summed E-state index contributed by atoms with van der Waals surface area (Å²) < 4.78 is 4.70. The van der Waals surface area contributed by atoms with Gasteiger partial charge in [0.1, 0.15) is 5.82 Å². The van der Waals surface area contributed by atoms with Crippen LogP contribution >= 0.6 is 0 Å². The second kappa shape index (κ2) is 8.48. The maximum atomic E-state index is 11.4. The molecule has 4 heteroatoms. The summed E-state index contributed by atoms with van der Waals surface area (Å²) >= 11 is 0. The number of nitrogens with zero attached hydrogens (tertiary/aromatic N) is 1. The van der Waals surface area contributed by atoms with Crippen LogP contribution in [-0.2, 0) is 16.0 Å². The van der Waals surface area contributed by atoms with Crippen LogP contribution in [0, 0.1) is 5.92 Å². The number of hydrogen-bond donors (Lipinski definition) is 1. The quantitative estimate of drug-likeness (QED) is 0.811. The van der Waals surface area contributed by atoms with Crippen molar-refractivity contribution >= 4 is 17.4 Å². The van der Waals surface area contributed by atoms with Crippen molar-refractivity contribution in [3.63, 3.8) is 0 Å². The number of methoxy groups -OCH3 is 1. The molecule has 1 aromatic carbocycles. The van der Waals surface area contributed by atoms with Crippen molar-refractivity contribution in [1.82, 2.24) is 0 Å². The summed E-state index contributed by atoms with van der Waals surface area (Å²) in [6.45, 7) is 8.35. The highest BCUT2D eigenvalue weighted by atomic mass is 16.5. The summed E-state index contributed by atoms with van der Waals surface area (Å²) in [5.41, 5.74) is 4.21. The Kier molecular flexibility index (Phi) is 6.36. The Hall–Kier alpha value is -2.36. The highest BCUT2D eigenvalue weighted by Crippen LogP contribution is 2.27. The number of nitrogens with one attached hydrogen (secondary N) is 1. The molecule has 2 rings (SSSR count). The first-order valence-corrected chi connectivity index (χ1v) is 8.36. The van der Waals surface area contributed by atoms with Crippen LogP contribution in [0.4, 0.5) is 5.69 Å². The predicted molar refractivity (Wildman–Crippen MR) is 99.1 cm³/mol. The first-order chi connectivity index (χ1) is 11.5. The molecule has 1 aliphatic rings. The maximum Gasteiger partial charge on any atom is 0.309 e. The van der Waals surface area contributed by atoms with Crippen molar-refractivity contribution in [3.05, 3.63) is 53.9 Å². The Morgan fingerprint density at radius 3 is 3.00 bits per heavy atom. The van der Waals surface area contributed by atoms with Gasteiger partial charge in [-0.05, 0) is 55.4 Å². The van der Waals surface area contributed by atoms with Gasteiger partial charge in [0.2, 0.25) is 0 Å². The van der Waals surface area contributed by atoms with Gasteiger partial charge in [-0.3, -0.25) is 4.79 Å². The third-order valence-electron chi connectivity index (χ3n) is 4.23. The Bertz CT molecular complexity index is 674. The van der Waals surface area contributed by atoms with E-state index in [0.29, 0.717) is 11.7 Å². The molecule has 0 spiro atoms. The van der Waals surface area contributed by atoms with Crippen LogP contribution in [0.15, 0.2) is 53.3 Å². The lowest BCUT2D eigenvalue weighted by molar-refractivity contribution is -0.139. The maximum absolute atomic E-state index is 11.4. The number of hydrogen-bond acceptors (Lipinski definition) is 4. The van der Waals surface area contributed by atoms with E-state index in [4.69, 9.17) is 9.73 Å². The van der Waals surface area contributed by atoms with Gasteiger partial charge in [0, 0.05) is 11.4 Å². The van der Waals surface area contributed by atoms with Gasteiger partial charge in [0.25, 0.3) is 0 Å². The van der Waals surface area contributed by atoms with E-state index in [2.05, 4.69) is 31.8 Å². The molecular formula is C20H26N2O2. The fourth-order valence-corrected chi connectivity index (χ4v) is 2.89. The molecule has 0 heterocycles. The van der Waals surface area contributed by atoms with Crippen molar-refractivity contribution in [2.24, 2.45) is 10.9 Å². The van der Waals surface area contributed by atoms with Gasteiger partial charge in [0.15, 0.2) is 0 Å². The van der Waals surface area contributed by atoms with Gasteiger partial charge in [0.05, 0.1) is 13.5 Å². The number of carbonyl (C=O) groups excluding carboxylic acids is 1. The normalized spacial score (nSPS) is 20.9. The summed E-state index contributed by atoms with van der Waals surface area (Å²) in [6, 6.07) is 7.66. The number of rotatable bonds is 5. The lowest BCUT2D eigenvalue weighted by Crippen LogP contribution is -2.16. The van der Waals surface area contributed by atoms with E-state index < -0.39 is 0 Å². The molecule has 0 aliphatic heterocycles. The average Bonchev–Trinajstić information content (AvgIpc) is 2.55. The monoisotopic (exact) mass is 326 g/mol. The Balaban J connectivity index is 2.07. The molecule has 1 aliphatic carbocycles. The number of esters is 1. The third kappa shape index (κ3) is 5.08. The van der Waals surface area contributed by atoms with Crippen molar-refractivity contribution in [2.45, 2.75) is 39.5 Å². The molecule has 1 atom stereocenters. The van der Waals surface area contributed by atoms with Gasteiger partial charge in [-0.1, -0.05) is 31.7 Å². The minimum absolute atomic E-state index is 0.250. The molecule has 1 fully saturated rings. The highest BCUT2D eigenvalue weighted by molar-refractivity contribution is 6.01. The lowest BCUT2D eigenvalue weighted by atomic mass is 9.85. The van der Waals surface area contributed by atoms with Gasteiger partial charge in [-0.15, -0.1) is 0 Å². The van der Waals surface area contributed by atoms with Crippen LogP contribution in [0.25, 0.3) is 0 Å². The zero-order valence-electron chi connectivity index (χ0n) is 14.8. The van der Waals surface area contributed by atoms with E-state index in [9.17, 15) is 4.79 Å². The molecule has 128 valence electrons. The van der Waals surface area contributed by atoms with Gasteiger partial charge in [-0.2, -0.15) is 0 Å². The van der Waals surface area contributed by atoms with E-state index >= 15 is 0 Å². The number of allylic oxidation sites excluding steroid dienone is 2. The Labute approximate surface area is 144 Å². The van der Waals surface area contributed by atoms with Crippen LogP contribution in [0.1, 0.15) is 38.7 Å². The van der Waals surface area contributed by atoms with E-state index in [0.717, 1.165) is 29.8 Å². The second-order valence-electron chi connectivity index (χ2n) is 6.25. The van der Waals surface area contributed by atoms with Crippen LogP contribution < -0.4 is 5.32 Å². The molecule has 24 heavy (non-hydrogen) atoms. The Morgan fingerprint density at radius 2 is 2.29 bits per heavy atom. The number of anilines is 1. The summed E-state index contributed by atoms with van der Waals surface area (Å²) in [4.78, 5) is 16.1. The fourth-order valence-electron chi connectivity index (χ4n) is 2.89. The summed E-state index contributed by atoms with van der Waals surface area (Å²) in [5.74, 6) is 1.03. The van der Waals surface area contributed by atoms with Crippen LogP contribution in [0.3, 0.4) is 0 Å². The van der Waals surface area contributed by atoms with E-state index in [1.54, 1.807) is 0 Å². The molecule has 1 unspecified atom stereocenters. The molecule has 1 aromatic rings. The zero-order chi connectivity index (χ0) is 17.5. The number of benzene rings is 1. The molecule has 4 nitrogen and oxygen atoms in total. The first kappa shape index (κ1) is 18.0. The average molecular weight is 326 g/mol.